The minimum absolute atomic E-state index is 0.194. The molecular formula is C19H24BNO7. The average Bonchev–Trinajstić information content (AvgIpc) is 3.26. The summed E-state index contributed by atoms with van der Waals surface area (Å²) in [6.07, 6.45) is 0.692. The summed E-state index contributed by atoms with van der Waals surface area (Å²) in [6.45, 7) is 1.75. The number of imide groups is 1. The molecule has 150 valence electrons. The van der Waals surface area contributed by atoms with Crippen molar-refractivity contribution in [2.75, 3.05) is 13.2 Å². The zero-order valence-corrected chi connectivity index (χ0v) is 15.7. The molecule has 3 heterocycles. The van der Waals surface area contributed by atoms with Crippen LogP contribution in [0.15, 0.2) is 27.6 Å². The standard InChI is InChI=1S/C19H24BNO7/c1-2-5-21-18(24)13-6-10(8-22)17-12(16(13)19(21)25)7-15(28-20(17)26)14-4-3-11(9-23)27-14/h3-4,12-13,15-16,22-23,26H,2,5-9H2,1H3/t12-,13-,15-,16+/m0/s1. The van der Waals surface area contributed by atoms with E-state index >= 15 is 0 Å². The summed E-state index contributed by atoms with van der Waals surface area (Å²) < 4.78 is 11.3. The van der Waals surface area contributed by atoms with Crippen LogP contribution in [-0.4, -0.2) is 52.2 Å². The van der Waals surface area contributed by atoms with Crippen LogP contribution < -0.4 is 0 Å². The number of aliphatic hydroxyl groups is 2. The van der Waals surface area contributed by atoms with Crippen molar-refractivity contribution in [2.45, 2.75) is 38.9 Å². The molecule has 0 unspecified atom stereocenters. The Bertz CT molecular complexity index is 819. The van der Waals surface area contributed by atoms with Gasteiger partial charge in [-0.15, -0.1) is 0 Å². The highest BCUT2D eigenvalue weighted by atomic mass is 16.5. The number of rotatable bonds is 5. The predicted molar refractivity (Wildman–Crippen MR) is 97.3 cm³/mol. The van der Waals surface area contributed by atoms with Crippen molar-refractivity contribution in [2.24, 2.45) is 17.8 Å². The Labute approximate surface area is 162 Å². The molecule has 0 radical (unpaired) electrons. The second-order valence-corrected chi connectivity index (χ2v) is 7.66. The second kappa shape index (κ2) is 7.48. The van der Waals surface area contributed by atoms with Crippen LogP contribution in [0.3, 0.4) is 0 Å². The highest BCUT2D eigenvalue weighted by molar-refractivity contribution is 6.53. The maximum Gasteiger partial charge on any atom is 0.487 e. The van der Waals surface area contributed by atoms with Crippen molar-refractivity contribution < 1.29 is 33.9 Å². The van der Waals surface area contributed by atoms with Crippen molar-refractivity contribution in [3.8, 4) is 0 Å². The number of furan rings is 1. The summed E-state index contributed by atoms with van der Waals surface area (Å²) in [5.74, 6) is -1.04. The van der Waals surface area contributed by atoms with Gasteiger partial charge in [0.2, 0.25) is 11.8 Å². The summed E-state index contributed by atoms with van der Waals surface area (Å²) in [7, 11) is -1.28. The van der Waals surface area contributed by atoms with Crippen molar-refractivity contribution in [3.63, 3.8) is 0 Å². The Hall–Kier alpha value is -1.94. The van der Waals surface area contributed by atoms with Crippen molar-refractivity contribution in [3.05, 3.63) is 34.7 Å². The van der Waals surface area contributed by atoms with E-state index in [-0.39, 0.29) is 31.4 Å². The van der Waals surface area contributed by atoms with Gasteiger partial charge in [-0.2, -0.15) is 0 Å². The van der Waals surface area contributed by atoms with Crippen LogP contribution in [0.2, 0.25) is 0 Å². The smallest absolute Gasteiger partial charge is 0.461 e. The van der Waals surface area contributed by atoms with E-state index in [1.54, 1.807) is 12.1 Å². The molecule has 9 heteroatoms. The molecular weight excluding hydrogens is 365 g/mol. The van der Waals surface area contributed by atoms with Gasteiger partial charge in [0.1, 0.15) is 24.2 Å². The molecule has 1 aliphatic carbocycles. The lowest BCUT2D eigenvalue weighted by Gasteiger charge is -2.41. The van der Waals surface area contributed by atoms with Gasteiger partial charge in [-0.1, -0.05) is 6.92 Å². The molecule has 3 aliphatic rings. The van der Waals surface area contributed by atoms with Crippen LogP contribution in [0.25, 0.3) is 0 Å². The predicted octanol–water partition coefficient (Wildman–Crippen LogP) is 0.573. The highest BCUT2D eigenvalue weighted by Crippen LogP contribution is 2.51. The van der Waals surface area contributed by atoms with E-state index in [0.717, 1.165) is 0 Å². The van der Waals surface area contributed by atoms with Gasteiger partial charge in [0.15, 0.2) is 0 Å². The molecule has 1 aromatic heterocycles. The Morgan fingerprint density at radius 3 is 2.61 bits per heavy atom. The number of carbonyl (C=O) groups excluding carboxylic acids is 2. The fourth-order valence-electron chi connectivity index (χ4n) is 4.90. The van der Waals surface area contributed by atoms with E-state index in [9.17, 15) is 24.8 Å². The van der Waals surface area contributed by atoms with Crippen molar-refractivity contribution in [1.29, 1.82) is 0 Å². The van der Waals surface area contributed by atoms with E-state index < -0.39 is 31.0 Å². The molecule has 28 heavy (non-hydrogen) atoms. The summed E-state index contributed by atoms with van der Waals surface area (Å²) >= 11 is 0. The first-order valence-corrected chi connectivity index (χ1v) is 9.71. The number of carbonyl (C=O) groups is 2. The molecule has 0 saturated carbocycles. The van der Waals surface area contributed by atoms with Gasteiger partial charge < -0.3 is 24.3 Å². The summed E-state index contributed by atoms with van der Waals surface area (Å²) in [5, 5.41) is 29.7. The number of aliphatic hydroxyl groups excluding tert-OH is 2. The molecule has 3 N–H and O–H groups in total. The van der Waals surface area contributed by atoms with E-state index in [1.165, 1.54) is 4.90 Å². The first-order chi connectivity index (χ1) is 13.5. The molecule has 0 aromatic carbocycles. The van der Waals surface area contributed by atoms with E-state index in [2.05, 4.69) is 0 Å². The van der Waals surface area contributed by atoms with Gasteiger partial charge in [-0.25, -0.2) is 0 Å². The van der Waals surface area contributed by atoms with Gasteiger partial charge >= 0.3 is 7.12 Å². The van der Waals surface area contributed by atoms with E-state index in [1.807, 2.05) is 6.92 Å². The van der Waals surface area contributed by atoms with Crippen LogP contribution in [0, 0.1) is 17.8 Å². The molecule has 2 aliphatic heterocycles. The number of amides is 2. The van der Waals surface area contributed by atoms with Gasteiger partial charge in [-0.3, -0.25) is 14.5 Å². The van der Waals surface area contributed by atoms with Gasteiger partial charge in [0.25, 0.3) is 0 Å². The lowest BCUT2D eigenvalue weighted by molar-refractivity contribution is -0.140. The van der Waals surface area contributed by atoms with Crippen molar-refractivity contribution >= 4 is 18.9 Å². The molecule has 8 nitrogen and oxygen atoms in total. The molecule has 0 spiro atoms. The Balaban J connectivity index is 1.70. The minimum Gasteiger partial charge on any atom is -0.461 e. The summed E-state index contributed by atoms with van der Waals surface area (Å²) in [6, 6.07) is 3.31. The molecule has 4 atom stereocenters. The van der Waals surface area contributed by atoms with Gasteiger partial charge in [0, 0.05) is 6.54 Å². The van der Waals surface area contributed by atoms with Crippen LogP contribution in [-0.2, 0) is 20.9 Å². The maximum absolute atomic E-state index is 13.0. The molecule has 1 aromatic rings. The third-order valence-electron chi connectivity index (χ3n) is 6.10. The molecule has 4 rings (SSSR count). The maximum atomic E-state index is 13.0. The number of nitrogens with zero attached hydrogens (tertiary/aromatic N) is 1. The topological polar surface area (TPSA) is 120 Å². The third kappa shape index (κ3) is 2.93. The number of hydrogen-bond donors (Lipinski definition) is 3. The van der Waals surface area contributed by atoms with Crippen LogP contribution >= 0.6 is 0 Å². The fraction of sp³-hybridized carbons (Fsp3) is 0.579. The SMILES string of the molecule is CCCN1C(=O)[C@H]2[C@H](CC(CO)=C3B(O)O[C@H](c4ccc(CO)o4)C[C@H]32)C1=O. The molecule has 2 saturated heterocycles. The van der Waals surface area contributed by atoms with Gasteiger partial charge in [-0.05, 0) is 48.4 Å². The number of hydrogen-bond acceptors (Lipinski definition) is 7. The highest BCUT2D eigenvalue weighted by Gasteiger charge is 2.57. The first kappa shape index (κ1) is 19.4. The second-order valence-electron chi connectivity index (χ2n) is 7.66. The molecule has 0 bridgehead atoms. The largest absolute Gasteiger partial charge is 0.487 e. The minimum atomic E-state index is -1.28. The fourth-order valence-corrected chi connectivity index (χ4v) is 4.90. The number of likely N-dealkylation sites (tertiary alicyclic amines) is 1. The summed E-state index contributed by atoms with van der Waals surface area (Å²) in [4.78, 5) is 27.2. The van der Waals surface area contributed by atoms with Crippen molar-refractivity contribution in [1.82, 2.24) is 4.90 Å². The zero-order chi connectivity index (χ0) is 20.0. The van der Waals surface area contributed by atoms with Crippen LogP contribution in [0.5, 0.6) is 0 Å². The Morgan fingerprint density at radius 1 is 1.18 bits per heavy atom. The number of allylic oxidation sites excluding steroid dienone is 1. The lowest BCUT2D eigenvalue weighted by Crippen LogP contribution is -2.45. The Morgan fingerprint density at radius 2 is 1.96 bits per heavy atom. The molecule has 2 fully saturated rings. The quantitative estimate of drug-likeness (QED) is 0.498. The number of fused-ring (bicyclic) bond motifs is 3. The van der Waals surface area contributed by atoms with Crippen LogP contribution in [0.1, 0.15) is 43.8 Å². The average molecular weight is 389 g/mol. The molecule has 2 amide bonds. The normalized spacial score (nSPS) is 30.1. The van der Waals surface area contributed by atoms with E-state index in [4.69, 9.17) is 9.07 Å². The monoisotopic (exact) mass is 389 g/mol. The summed E-state index contributed by atoms with van der Waals surface area (Å²) in [5.41, 5.74) is 1.10. The van der Waals surface area contributed by atoms with Gasteiger partial charge in [0.05, 0.1) is 18.4 Å². The van der Waals surface area contributed by atoms with Crippen LogP contribution in [0.4, 0.5) is 0 Å². The Kier molecular flexibility index (Phi) is 5.18. The van der Waals surface area contributed by atoms with E-state index in [0.29, 0.717) is 42.0 Å². The zero-order valence-electron chi connectivity index (χ0n) is 15.7. The third-order valence-corrected chi connectivity index (χ3v) is 6.10. The first-order valence-electron chi connectivity index (χ1n) is 9.71. The lowest BCUT2D eigenvalue weighted by atomic mass is 9.55.